The first-order chi connectivity index (χ1) is 7.06. The second-order valence-corrected chi connectivity index (χ2v) is 3.80. The zero-order valence-corrected chi connectivity index (χ0v) is 8.88. The van der Waals surface area contributed by atoms with Gasteiger partial charge in [0.2, 0.25) is 0 Å². The molecule has 1 N–H and O–H groups in total. The lowest BCUT2D eigenvalue weighted by Crippen LogP contribution is -2.10. The topological polar surface area (TPSA) is 63.4 Å². The van der Waals surface area contributed by atoms with Crippen LogP contribution in [0, 0.1) is 16.0 Å². The Bertz CT molecular complexity index is 334. The summed E-state index contributed by atoms with van der Waals surface area (Å²) in [4.78, 5) is 10.0. The van der Waals surface area contributed by atoms with Crippen LogP contribution in [-0.4, -0.2) is 16.6 Å². The van der Waals surface area contributed by atoms with Gasteiger partial charge in [0.05, 0.1) is 4.92 Å². The van der Waals surface area contributed by atoms with E-state index >= 15 is 0 Å². The lowest BCUT2D eigenvalue weighted by atomic mass is 9.89. The normalized spacial score (nSPS) is 14.6. The maximum absolute atomic E-state index is 10.4. The van der Waals surface area contributed by atoms with E-state index in [0.717, 1.165) is 5.56 Å². The van der Waals surface area contributed by atoms with Crippen LogP contribution in [0.5, 0.6) is 0 Å². The predicted octanol–water partition coefficient (Wildman–Crippen LogP) is 2.33. The van der Waals surface area contributed by atoms with E-state index in [4.69, 9.17) is 5.11 Å². The molecule has 0 aromatic heterocycles. The Kier molecular flexibility index (Phi) is 3.80. The van der Waals surface area contributed by atoms with Crippen LogP contribution in [0.4, 0.5) is 5.69 Å². The highest BCUT2D eigenvalue weighted by atomic mass is 16.6. The van der Waals surface area contributed by atoms with Crippen molar-refractivity contribution >= 4 is 5.69 Å². The summed E-state index contributed by atoms with van der Waals surface area (Å²) in [5.74, 6) is 0.363. The molecular weight excluding hydrogens is 194 g/mol. The van der Waals surface area contributed by atoms with Crippen molar-refractivity contribution in [2.75, 3.05) is 6.61 Å². The van der Waals surface area contributed by atoms with Gasteiger partial charge in [-0.25, -0.2) is 0 Å². The Hall–Kier alpha value is -1.42. The molecule has 0 saturated carbocycles. The van der Waals surface area contributed by atoms with E-state index in [9.17, 15) is 10.1 Å². The maximum Gasteiger partial charge on any atom is 0.269 e. The molecule has 0 bridgehead atoms. The first kappa shape index (κ1) is 11.7. The highest BCUT2D eigenvalue weighted by Crippen LogP contribution is 2.25. The van der Waals surface area contributed by atoms with E-state index in [1.165, 1.54) is 12.1 Å². The summed E-state index contributed by atoms with van der Waals surface area (Å²) in [6, 6.07) is 6.48. The maximum atomic E-state index is 10.4. The first-order valence-corrected chi connectivity index (χ1v) is 4.91. The van der Waals surface area contributed by atoms with Gasteiger partial charge in [0.1, 0.15) is 0 Å². The zero-order chi connectivity index (χ0) is 11.4. The molecular formula is C11H15NO3. The molecule has 4 heteroatoms. The smallest absolute Gasteiger partial charge is 0.269 e. The van der Waals surface area contributed by atoms with E-state index in [1.54, 1.807) is 12.1 Å². The van der Waals surface area contributed by atoms with Crippen LogP contribution < -0.4 is 0 Å². The standard InChI is InChI=1S/C11H15NO3/c1-8(7-13)9(2)10-3-5-11(6-4-10)12(14)15/h3-6,8-9,13H,7H2,1-2H3/t8?,9-/m0/s1. The number of hydrogen-bond acceptors (Lipinski definition) is 3. The van der Waals surface area contributed by atoms with Gasteiger partial charge >= 0.3 is 0 Å². The van der Waals surface area contributed by atoms with Crippen molar-refractivity contribution in [3.8, 4) is 0 Å². The molecule has 0 heterocycles. The SMILES string of the molecule is CC(CO)[C@H](C)c1ccc([N+](=O)[O-])cc1. The summed E-state index contributed by atoms with van der Waals surface area (Å²) < 4.78 is 0. The number of hydrogen-bond donors (Lipinski definition) is 1. The molecule has 1 rings (SSSR count). The van der Waals surface area contributed by atoms with Gasteiger partial charge in [-0.15, -0.1) is 0 Å². The molecule has 0 spiro atoms. The summed E-state index contributed by atoms with van der Waals surface area (Å²) in [5, 5.41) is 19.4. The number of aliphatic hydroxyl groups excluding tert-OH is 1. The summed E-state index contributed by atoms with van der Waals surface area (Å²) >= 11 is 0. The molecule has 1 aromatic rings. The number of aliphatic hydroxyl groups is 1. The van der Waals surface area contributed by atoms with Gasteiger partial charge in [0.15, 0.2) is 0 Å². The molecule has 82 valence electrons. The van der Waals surface area contributed by atoms with E-state index in [1.807, 2.05) is 13.8 Å². The molecule has 1 unspecified atom stereocenters. The molecule has 1 aromatic carbocycles. The van der Waals surface area contributed by atoms with Crippen LogP contribution in [0.3, 0.4) is 0 Å². The second-order valence-electron chi connectivity index (χ2n) is 3.80. The highest BCUT2D eigenvalue weighted by molar-refractivity contribution is 5.34. The van der Waals surface area contributed by atoms with E-state index < -0.39 is 4.92 Å². The van der Waals surface area contributed by atoms with E-state index in [2.05, 4.69) is 0 Å². The summed E-state index contributed by atoms with van der Waals surface area (Å²) in [7, 11) is 0. The van der Waals surface area contributed by atoms with Crippen molar-refractivity contribution in [3.05, 3.63) is 39.9 Å². The van der Waals surface area contributed by atoms with Gasteiger partial charge in [-0.05, 0) is 17.4 Å². The second kappa shape index (κ2) is 4.89. The van der Waals surface area contributed by atoms with Crippen LogP contribution >= 0.6 is 0 Å². The minimum Gasteiger partial charge on any atom is -0.396 e. The van der Waals surface area contributed by atoms with E-state index in [-0.39, 0.29) is 24.1 Å². The molecule has 2 atom stereocenters. The largest absolute Gasteiger partial charge is 0.396 e. The van der Waals surface area contributed by atoms with Gasteiger partial charge in [-0.1, -0.05) is 26.0 Å². The quantitative estimate of drug-likeness (QED) is 0.611. The van der Waals surface area contributed by atoms with Crippen molar-refractivity contribution < 1.29 is 10.0 Å². The summed E-state index contributed by atoms with van der Waals surface area (Å²) in [6.45, 7) is 4.08. The van der Waals surface area contributed by atoms with Crippen LogP contribution in [0.2, 0.25) is 0 Å². The third kappa shape index (κ3) is 2.76. The Morgan fingerprint density at radius 2 is 1.87 bits per heavy atom. The molecule has 0 fully saturated rings. The average Bonchev–Trinajstić information content (AvgIpc) is 2.27. The van der Waals surface area contributed by atoms with Crippen LogP contribution in [-0.2, 0) is 0 Å². The van der Waals surface area contributed by atoms with Crippen molar-refractivity contribution in [3.63, 3.8) is 0 Å². The number of nitrogens with zero attached hydrogens (tertiary/aromatic N) is 1. The minimum absolute atomic E-state index is 0.0996. The third-order valence-corrected chi connectivity index (χ3v) is 2.77. The van der Waals surface area contributed by atoms with Gasteiger partial charge < -0.3 is 5.11 Å². The molecule has 0 aliphatic heterocycles. The fourth-order valence-electron chi connectivity index (χ4n) is 1.39. The lowest BCUT2D eigenvalue weighted by Gasteiger charge is -2.17. The van der Waals surface area contributed by atoms with Gasteiger partial charge in [0, 0.05) is 18.7 Å². The molecule has 0 aliphatic rings. The van der Waals surface area contributed by atoms with Gasteiger partial charge in [-0.2, -0.15) is 0 Å². The number of nitro benzene ring substituents is 1. The number of non-ortho nitro benzene ring substituents is 1. The Labute approximate surface area is 88.7 Å². The van der Waals surface area contributed by atoms with Crippen molar-refractivity contribution in [2.24, 2.45) is 5.92 Å². The average molecular weight is 209 g/mol. The Morgan fingerprint density at radius 3 is 2.27 bits per heavy atom. The fraction of sp³-hybridized carbons (Fsp3) is 0.455. The Morgan fingerprint density at radius 1 is 1.33 bits per heavy atom. The van der Waals surface area contributed by atoms with E-state index in [0.29, 0.717) is 0 Å². The van der Waals surface area contributed by atoms with Crippen molar-refractivity contribution in [1.82, 2.24) is 0 Å². The number of nitro groups is 1. The zero-order valence-electron chi connectivity index (χ0n) is 8.88. The summed E-state index contributed by atoms with van der Waals surface area (Å²) in [5.41, 5.74) is 1.12. The number of benzene rings is 1. The Balaban J connectivity index is 2.84. The van der Waals surface area contributed by atoms with Gasteiger partial charge in [0.25, 0.3) is 5.69 Å². The van der Waals surface area contributed by atoms with Crippen molar-refractivity contribution in [1.29, 1.82) is 0 Å². The van der Waals surface area contributed by atoms with Crippen LogP contribution in [0.15, 0.2) is 24.3 Å². The summed E-state index contributed by atoms with van der Waals surface area (Å²) in [6.07, 6.45) is 0. The lowest BCUT2D eigenvalue weighted by molar-refractivity contribution is -0.384. The molecule has 15 heavy (non-hydrogen) atoms. The fourth-order valence-corrected chi connectivity index (χ4v) is 1.39. The highest BCUT2D eigenvalue weighted by Gasteiger charge is 2.14. The molecule has 0 radical (unpaired) electrons. The van der Waals surface area contributed by atoms with Crippen molar-refractivity contribution in [2.45, 2.75) is 19.8 Å². The molecule has 0 amide bonds. The van der Waals surface area contributed by atoms with Crippen LogP contribution in [0.1, 0.15) is 25.3 Å². The molecule has 0 saturated heterocycles. The van der Waals surface area contributed by atoms with Crippen LogP contribution in [0.25, 0.3) is 0 Å². The predicted molar refractivity (Wildman–Crippen MR) is 57.8 cm³/mol. The molecule has 4 nitrogen and oxygen atoms in total. The van der Waals surface area contributed by atoms with Gasteiger partial charge in [-0.3, -0.25) is 10.1 Å². The number of rotatable bonds is 4. The minimum atomic E-state index is -0.413. The molecule has 0 aliphatic carbocycles. The third-order valence-electron chi connectivity index (χ3n) is 2.77. The monoisotopic (exact) mass is 209 g/mol. The first-order valence-electron chi connectivity index (χ1n) is 4.91.